The predicted molar refractivity (Wildman–Crippen MR) is 90.4 cm³/mol. The summed E-state index contributed by atoms with van der Waals surface area (Å²) < 4.78 is 7.04. The summed E-state index contributed by atoms with van der Waals surface area (Å²) >= 11 is 0. The second-order valence-electron chi connectivity index (χ2n) is 6.57. The summed E-state index contributed by atoms with van der Waals surface area (Å²) in [5.74, 6) is 0.369. The zero-order valence-corrected chi connectivity index (χ0v) is 15.0. The Balaban J connectivity index is 1.76. The molecular weight excluding hydrogens is 322 g/mol. The zero-order chi connectivity index (χ0) is 18.0. The van der Waals surface area contributed by atoms with Gasteiger partial charge in [-0.1, -0.05) is 19.0 Å². The maximum atomic E-state index is 11.6. The lowest BCUT2D eigenvalue weighted by molar-refractivity contribution is 0.0687. The van der Waals surface area contributed by atoms with Crippen molar-refractivity contribution in [2.45, 2.75) is 65.1 Å². The van der Waals surface area contributed by atoms with Gasteiger partial charge in [0.25, 0.3) is 0 Å². The SMILES string of the molecule is CCCn1nc(C(=O)O)c2c1CCC(N(C)Cc1noc(CC)n1)C2. The summed E-state index contributed by atoms with van der Waals surface area (Å²) in [6, 6.07) is 0.244. The molecule has 2 aromatic rings. The van der Waals surface area contributed by atoms with E-state index in [9.17, 15) is 9.90 Å². The molecule has 1 unspecified atom stereocenters. The fourth-order valence-corrected chi connectivity index (χ4v) is 3.46. The van der Waals surface area contributed by atoms with Gasteiger partial charge in [-0.2, -0.15) is 10.1 Å². The number of aryl methyl sites for hydroxylation is 2. The molecule has 0 fully saturated rings. The molecule has 0 amide bonds. The fourth-order valence-electron chi connectivity index (χ4n) is 3.46. The molecular formula is C17H25N5O3. The van der Waals surface area contributed by atoms with Crippen LogP contribution in [0.15, 0.2) is 4.52 Å². The highest BCUT2D eigenvalue weighted by Crippen LogP contribution is 2.28. The zero-order valence-electron chi connectivity index (χ0n) is 15.0. The first-order valence-corrected chi connectivity index (χ1v) is 8.87. The van der Waals surface area contributed by atoms with Crippen molar-refractivity contribution in [1.29, 1.82) is 0 Å². The van der Waals surface area contributed by atoms with E-state index in [1.165, 1.54) is 0 Å². The first-order valence-electron chi connectivity index (χ1n) is 8.87. The number of carboxylic acid groups (broad SMARTS) is 1. The maximum Gasteiger partial charge on any atom is 0.356 e. The Labute approximate surface area is 146 Å². The fraction of sp³-hybridized carbons (Fsp3) is 0.647. The van der Waals surface area contributed by atoms with E-state index in [1.807, 2.05) is 18.7 Å². The molecule has 8 heteroatoms. The second kappa shape index (κ2) is 7.35. The van der Waals surface area contributed by atoms with E-state index in [-0.39, 0.29) is 11.7 Å². The first-order chi connectivity index (χ1) is 12.0. The molecule has 3 rings (SSSR count). The van der Waals surface area contributed by atoms with Crippen molar-refractivity contribution >= 4 is 5.97 Å². The molecule has 0 bridgehead atoms. The van der Waals surface area contributed by atoms with Crippen LogP contribution >= 0.6 is 0 Å². The topological polar surface area (TPSA) is 97.3 Å². The third-order valence-corrected chi connectivity index (χ3v) is 4.79. The van der Waals surface area contributed by atoms with Gasteiger partial charge in [-0.25, -0.2) is 4.79 Å². The van der Waals surface area contributed by atoms with Gasteiger partial charge < -0.3 is 9.63 Å². The van der Waals surface area contributed by atoms with Crippen LogP contribution in [0.1, 0.15) is 60.2 Å². The van der Waals surface area contributed by atoms with Crippen molar-refractivity contribution in [3.8, 4) is 0 Å². The number of fused-ring (bicyclic) bond motifs is 1. The van der Waals surface area contributed by atoms with Crippen LogP contribution < -0.4 is 0 Å². The highest BCUT2D eigenvalue weighted by atomic mass is 16.5. The maximum absolute atomic E-state index is 11.6. The largest absolute Gasteiger partial charge is 0.476 e. The smallest absolute Gasteiger partial charge is 0.356 e. The Morgan fingerprint density at radius 1 is 1.44 bits per heavy atom. The monoisotopic (exact) mass is 347 g/mol. The second-order valence-corrected chi connectivity index (χ2v) is 6.57. The minimum absolute atomic E-state index is 0.203. The Hall–Kier alpha value is -2.22. The van der Waals surface area contributed by atoms with Gasteiger partial charge in [0.05, 0.1) is 6.54 Å². The van der Waals surface area contributed by atoms with Crippen molar-refractivity contribution in [3.63, 3.8) is 0 Å². The van der Waals surface area contributed by atoms with Crippen molar-refractivity contribution in [2.24, 2.45) is 0 Å². The minimum Gasteiger partial charge on any atom is -0.476 e. The summed E-state index contributed by atoms with van der Waals surface area (Å²) in [6.07, 6.45) is 4.17. The average molecular weight is 347 g/mol. The third kappa shape index (κ3) is 3.58. The van der Waals surface area contributed by atoms with Gasteiger partial charge in [0, 0.05) is 30.3 Å². The molecule has 25 heavy (non-hydrogen) atoms. The summed E-state index contributed by atoms with van der Waals surface area (Å²) in [7, 11) is 2.02. The molecule has 8 nitrogen and oxygen atoms in total. The highest BCUT2D eigenvalue weighted by Gasteiger charge is 2.31. The lowest BCUT2D eigenvalue weighted by atomic mass is 9.90. The summed E-state index contributed by atoms with van der Waals surface area (Å²) in [5, 5.41) is 17.8. The number of aromatic nitrogens is 4. The molecule has 0 saturated heterocycles. The Kier molecular flexibility index (Phi) is 5.17. The quantitative estimate of drug-likeness (QED) is 0.817. The number of hydrogen-bond donors (Lipinski definition) is 1. The van der Waals surface area contributed by atoms with Crippen LogP contribution in [0.3, 0.4) is 0 Å². The molecule has 1 aliphatic rings. The molecule has 1 aliphatic carbocycles. The van der Waals surface area contributed by atoms with Crippen LogP contribution in [-0.4, -0.2) is 49.0 Å². The number of carboxylic acids is 1. The van der Waals surface area contributed by atoms with E-state index < -0.39 is 5.97 Å². The van der Waals surface area contributed by atoms with Crippen molar-refractivity contribution in [2.75, 3.05) is 7.05 Å². The molecule has 1 N–H and O–H groups in total. The van der Waals surface area contributed by atoms with E-state index in [0.717, 1.165) is 43.5 Å². The lowest BCUT2D eigenvalue weighted by Crippen LogP contribution is -2.36. The van der Waals surface area contributed by atoms with Gasteiger partial charge in [-0.3, -0.25) is 9.58 Å². The third-order valence-electron chi connectivity index (χ3n) is 4.79. The van der Waals surface area contributed by atoms with Gasteiger partial charge >= 0.3 is 5.97 Å². The normalized spacial score (nSPS) is 17.0. The lowest BCUT2D eigenvalue weighted by Gasteiger charge is -2.30. The highest BCUT2D eigenvalue weighted by molar-refractivity contribution is 5.87. The van der Waals surface area contributed by atoms with Crippen LogP contribution in [0.5, 0.6) is 0 Å². The number of aromatic carboxylic acids is 1. The van der Waals surface area contributed by atoms with Crippen LogP contribution in [0, 0.1) is 0 Å². The predicted octanol–water partition coefficient (Wildman–Crippen LogP) is 1.93. The Morgan fingerprint density at radius 3 is 2.88 bits per heavy atom. The number of hydrogen-bond acceptors (Lipinski definition) is 6. The van der Waals surface area contributed by atoms with Gasteiger partial charge in [-0.05, 0) is 32.7 Å². The molecule has 0 saturated carbocycles. The molecule has 1 atom stereocenters. The standard InChI is InChI=1S/C17H25N5O3/c1-4-8-22-13-7-6-11(9-12(13)16(19-22)17(23)24)21(3)10-14-18-15(5-2)25-20-14/h11H,4-10H2,1-3H3,(H,23,24). The van der Waals surface area contributed by atoms with E-state index in [4.69, 9.17) is 4.52 Å². The molecule has 2 heterocycles. The number of likely N-dealkylation sites (N-methyl/N-ethyl adjacent to an activating group) is 1. The molecule has 0 radical (unpaired) electrons. The van der Waals surface area contributed by atoms with Crippen LogP contribution in [-0.2, 0) is 32.4 Å². The first kappa shape index (κ1) is 17.6. The van der Waals surface area contributed by atoms with E-state index >= 15 is 0 Å². The number of carbonyl (C=O) groups is 1. The number of rotatable bonds is 7. The van der Waals surface area contributed by atoms with Crippen molar-refractivity contribution < 1.29 is 14.4 Å². The summed E-state index contributed by atoms with van der Waals surface area (Å²) in [4.78, 5) is 18.1. The van der Waals surface area contributed by atoms with Gasteiger partial charge in [-0.15, -0.1) is 0 Å². The summed E-state index contributed by atoms with van der Waals surface area (Å²) in [6.45, 7) is 5.40. The van der Waals surface area contributed by atoms with E-state index in [1.54, 1.807) is 0 Å². The van der Waals surface area contributed by atoms with Gasteiger partial charge in [0.1, 0.15) is 0 Å². The van der Waals surface area contributed by atoms with Gasteiger partial charge in [0.15, 0.2) is 11.5 Å². The van der Waals surface area contributed by atoms with Crippen molar-refractivity contribution in [3.05, 3.63) is 28.7 Å². The number of nitrogens with zero attached hydrogens (tertiary/aromatic N) is 5. The summed E-state index contributed by atoms with van der Waals surface area (Å²) in [5.41, 5.74) is 2.16. The average Bonchev–Trinajstić information content (AvgIpc) is 3.19. The Morgan fingerprint density at radius 2 is 2.24 bits per heavy atom. The van der Waals surface area contributed by atoms with Crippen LogP contribution in [0.25, 0.3) is 0 Å². The Bertz CT molecular complexity index is 752. The molecule has 0 spiro atoms. The van der Waals surface area contributed by atoms with Crippen LogP contribution in [0.2, 0.25) is 0 Å². The van der Waals surface area contributed by atoms with Crippen molar-refractivity contribution in [1.82, 2.24) is 24.8 Å². The molecule has 2 aromatic heterocycles. The van der Waals surface area contributed by atoms with E-state index in [2.05, 4.69) is 27.1 Å². The van der Waals surface area contributed by atoms with Gasteiger partial charge in [0.2, 0.25) is 5.89 Å². The molecule has 136 valence electrons. The van der Waals surface area contributed by atoms with E-state index in [0.29, 0.717) is 24.7 Å². The molecule has 0 aliphatic heterocycles. The molecule has 0 aromatic carbocycles. The van der Waals surface area contributed by atoms with Crippen LogP contribution in [0.4, 0.5) is 0 Å². The minimum atomic E-state index is -0.944.